The molecule has 0 unspecified atom stereocenters. The molecule has 0 heterocycles. The van der Waals surface area contributed by atoms with Gasteiger partial charge >= 0.3 is 16.5 Å². The fourth-order valence-corrected chi connectivity index (χ4v) is 10.2. The number of unbranched alkanes of at least 4 members (excludes halogenated alkanes) is 27. The summed E-state index contributed by atoms with van der Waals surface area (Å²) in [7, 11) is 0. The van der Waals surface area contributed by atoms with Crippen molar-refractivity contribution in [1.29, 1.82) is 0 Å². The van der Waals surface area contributed by atoms with Crippen molar-refractivity contribution in [1.82, 2.24) is 0 Å². The average molecular weight is 1190 g/mol. The van der Waals surface area contributed by atoms with Crippen LogP contribution in [0.5, 0.6) is 23.0 Å². The maximum Gasteiger partial charge on any atom is 2.00 e. The van der Waals surface area contributed by atoms with Gasteiger partial charge in [0.15, 0.2) is 23.0 Å². The number of hydrogen-bond acceptors (Lipinski definition) is 10. The van der Waals surface area contributed by atoms with Gasteiger partial charge in [0.1, 0.15) is 5.71 Å². The first-order chi connectivity index (χ1) is 39.6. The van der Waals surface area contributed by atoms with Gasteiger partial charge in [0, 0.05) is 17.5 Å². The first-order valence-corrected chi connectivity index (χ1v) is 31.9. The van der Waals surface area contributed by atoms with Gasteiger partial charge in [-0.25, -0.2) is 4.99 Å². The van der Waals surface area contributed by atoms with Crippen molar-refractivity contribution in [2.24, 2.45) is 9.98 Å². The molecule has 0 spiro atoms. The van der Waals surface area contributed by atoms with Crippen LogP contribution in [0.25, 0.3) is 0 Å². The van der Waals surface area contributed by atoms with Gasteiger partial charge in [-0.3, -0.25) is 4.99 Å². The van der Waals surface area contributed by atoms with E-state index in [-0.39, 0.29) is 27.6 Å². The van der Waals surface area contributed by atoms with Crippen LogP contribution in [0.3, 0.4) is 0 Å². The van der Waals surface area contributed by atoms with E-state index < -0.39 is 34.9 Å². The van der Waals surface area contributed by atoms with Gasteiger partial charge in [-0.15, -0.1) is 0 Å². The molecule has 0 saturated carbocycles. The summed E-state index contributed by atoms with van der Waals surface area (Å²) in [5, 5.41) is 58.6. The van der Waals surface area contributed by atoms with Gasteiger partial charge in [-0.2, -0.15) is 0 Å². The molecule has 83 heavy (non-hydrogen) atoms. The Hall–Kier alpha value is -5.59. The maximum absolute atomic E-state index is 10.8. The molecule has 0 aliphatic carbocycles. The first kappa shape index (κ1) is 75.4. The fourth-order valence-electron chi connectivity index (χ4n) is 10.2. The Bertz CT molecular complexity index is 2460. The number of carboxylic acids is 2. The zero-order valence-electron chi connectivity index (χ0n) is 52.4. The molecule has 0 aliphatic heterocycles. The molecule has 0 aromatic heterocycles. The second-order valence-electron chi connectivity index (χ2n) is 22.7. The molecule has 4 aromatic rings. The molecule has 462 valence electrons. The van der Waals surface area contributed by atoms with Crippen molar-refractivity contribution in [2.75, 3.05) is 0 Å². The standard InChI is InChI=1S/C50H80N2.2C11H14O4.Ni/c1-7-9-11-12-13-14-15-16-17-18-19-20-21-22-23-24-25-26-27-28-29-30-31-32-33-34-36-50(52-48-41-45(5)38-46(6)42-48)49(35-10-8-2)51-47-39-43(3)37-44(4)40-47;2*1-2-3-4-7-5-6-8(12)10(13)9(7)11(14)15;/h37-42H,7-33,35H2,1-6H3;2*5-6,12-13H,2-4H2,1H3,(H,14,15);/q;;;+2/p-2. The molecule has 0 amide bonds. The normalized spacial score (nSPS) is 11.2. The topological polar surface area (TPSA) is 186 Å². The summed E-state index contributed by atoms with van der Waals surface area (Å²) in [6.07, 6.45) is 42.7. The molecule has 0 aliphatic rings. The second kappa shape index (κ2) is 46.8. The number of carbonyl (C=O) groups is 2. The Labute approximate surface area is 512 Å². The van der Waals surface area contributed by atoms with Crippen LogP contribution in [0.1, 0.15) is 287 Å². The second-order valence-corrected chi connectivity index (χ2v) is 22.7. The molecule has 4 rings (SSSR count). The van der Waals surface area contributed by atoms with Crippen LogP contribution >= 0.6 is 0 Å². The van der Waals surface area contributed by atoms with Crippen LogP contribution in [-0.4, -0.2) is 43.8 Å². The summed E-state index contributed by atoms with van der Waals surface area (Å²) in [6.45, 7) is 17.1. The SMILES string of the molecule is CCCCCCCCCCCCCCCCCCCCCCCCCCC#CC(=Nc1cc(C)cc(C)c1)C(CCCC)=Nc1cc(C)cc(C)c1.CCCCc1ccc(O)c(O)c1C(=O)[O-].CCCCc1ccc(O)c(O)c1C(=O)[O-].[Ni+2]. The summed E-state index contributed by atoms with van der Waals surface area (Å²) in [5.41, 5.74) is 9.14. The van der Waals surface area contributed by atoms with E-state index in [1.807, 2.05) is 13.8 Å². The van der Waals surface area contributed by atoms with Crippen LogP contribution in [0.15, 0.2) is 70.6 Å². The zero-order chi connectivity index (χ0) is 60.3. The Kier molecular flexibility index (Phi) is 42.5. The quantitative estimate of drug-likeness (QED) is 0.0112. The molecule has 0 radical (unpaired) electrons. The molecule has 4 aromatic carbocycles. The zero-order valence-corrected chi connectivity index (χ0v) is 53.4. The van der Waals surface area contributed by atoms with Crippen molar-refractivity contribution in [3.63, 3.8) is 0 Å². The number of nitrogens with zero attached hydrogens (tertiary/aromatic N) is 2. The molecule has 10 nitrogen and oxygen atoms in total. The van der Waals surface area contributed by atoms with E-state index in [0.29, 0.717) is 24.0 Å². The summed E-state index contributed by atoms with van der Waals surface area (Å²) >= 11 is 0. The van der Waals surface area contributed by atoms with E-state index in [1.165, 1.54) is 201 Å². The van der Waals surface area contributed by atoms with Crippen LogP contribution in [0, 0.1) is 39.5 Å². The van der Waals surface area contributed by atoms with E-state index in [2.05, 4.69) is 89.8 Å². The predicted molar refractivity (Wildman–Crippen MR) is 340 cm³/mol. The third-order valence-corrected chi connectivity index (χ3v) is 14.8. The Morgan fingerprint density at radius 3 is 1.06 bits per heavy atom. The van der Waals surface area contributed by atoms with Crippen molar-refractivity contribution in [2.45, 2.75) is 274 Å². The number of aromatic hydroxyl groups is 4. The number of carbonyl (C=O) groups excluding carboxylic acids is 2. The van der Waals surface area contributed by atoms with Crippen LogP contribution < -0.4 is 10.2 Å². The van der Waals surface area contributed by atoms with Gasteiger partial charge in [0.05, 0.1) is 29.0 Å². The number of rotatable bonds is 38. The number of phenols is 4. The van der Waals surface area contributed by atoms with Gasteiger partial charge in [0.25, 0.3) is 0 Å². The molecule has 0 atom stereocenters. The minimum atomic E-state index is -1.46. The molecule has 0 fully saturated rings. The Balaban J connectivity index is 0.000000893. The molecule has 11 heteroatoms. The maximum atomic E-state index is 10.8. The largest absolute Gasteiger partial charge is 2.00 e. The summed E-state index contributed by atoms with van der Waals surface area (Å²) in [4.78, 5) is 31.8. The molecular formula is C72H106N2NiO8. The van der Waals surface area contributed by atoms with Crippen LogP contribution in [0.2, 0.25) is 0 Å². The molecule has 0 bridgehead atoms. The van der Waals surface area contributed by atoms with Gasteiger partial charge in [0.2, 0.25) is 0 Å². The Morgan fingerprint density at radius 2 is 0.735 bits per heavy atom. The van der Waals surface area contributed by atoms with Crippen molar-refractivity contribution in [3.05, 3.63) is 105 Å². The molecular weight excluding hydrogens is 1080 g/mol. The fraction of sp³-hybridized carbons (Fsp3) is 0.583. The summed E-state index contributed by atoms with van der Waals surface area (Å²) in [6, 6.07) is 18.6. The van der Waals surface area contributed by atoms with Gasteiger partial charge in [-0.1, -0.05) is 225 Å². The average Bonchev–Trinajstić information content (AvgIpc) is 3.64. The minimum Gasteiger partial charge on any atom is -0.545 e. The third kappa shape index (κ3) is 33.5. The number of aryl methyl sites for hydroxylation is 6. The smallest absolute Gasteiger partial charge is 0.545 e. The number of aromatic carboxylic acids is 2. The number of aliphatic imine (C=N–C) groups is 2. The van der Waals surface area contributed by atoms with Gasteiger partial charge in [-0.05, 0) is 148 Å². The van der Waals surface area contributed by atoms with Crippen molar-refractivity contribution < 1.29 is 56.7 Å². The van der Waals surface area contributed by atoms with E-state index >= 15 is 0 Å². The van der Waals surface area contributed by atoms with E-state index in [1.54, 1.807) is 0 Å². The number of hydrogen-bond donors (Lipinski definition) is 4. The summed E-state index contributed by atoms with van der Waals surface area (Å²) < 4.78 is 0. The predicted octanol–water partition coefficient (Wildman–Crippen LogP) is 18.3. The minimum absolute atomic E-state index is 0. The molecule has 0 saturated heterocycles. The molecule has 4 N–H and O–H groups in total. The first-order valence-electron chi connectivity index (χ1n) is 31.9. The summed E-state index contributed by atoms with van der Waals surface area (Å²) in [5.74, 6) is 1.99. The monoisotopic (exact) mass is 1180 g/mol. The number of phenolic OH excluding ortho intramolecular Hbond substituents is 2. The van der Waals surface area contributed by atoms with Crippen molar-refractivity contribution in [3.8, 4) is 34.8 Å². The van der Waals surface area contributed by atoms with Crippen molar-refractivity contribution >= 4 is 34.7 Å². The van der Waals surface area contributed by atoms with E-state index in [9.17, 15) is 30.0 Å². The number of carboxylic acid groups (broad SMARTS) is 2. The third-order valence-electron chi connectivity index (χ3n) is 14.8. The van der Waals surface area contributed by atoms with E-state index in [0.717, 1.165) is 74.2 Å². The van der Waals surface area contributed by atoms with Crippen LogP contribution in [-0.2, 0) is 29.3 Å². The van der Waals surface area contributed by atoms with Gasteiger partial charge < -0.3 is 40.2 Å². The van der Waals surface area contributed by atoms with Crippen LogP contribution in [0.4, 0.5) is 11.4 Å². The Morgan fingerprint density at radius 1 is 0.422 bits per heavy atom. The van der Waals surface area contributed by atoms with E-state index in [4.69, 9.17) is 20.2 Å². The number of benzene rings is 4.